The Morgan fingerprint density at radius 3 is 2.23 bits per heavy atom. The average Bonchev–Trinajstić information content (AvgIpc) is 2.74. The van der Waals surface area contributed by atoms with Crippen LogP contribution in [0.4, 0.5) is 0 Å². The third-order valence-corrected chi connectivity index (χ3v) is 4.93. The fraction of sp³-hybridized carbons (Fsp3) is 0.250. The van der Waals surface area contributed by atoms with E-state index in [0.29, 0.717) is 30.0 Å². The number of pyridine rings is 2. The highest BCUT2D eigenvalue weighted by molar-refractivity contribution is 5.97. The number of hydrogen-bond acceptors (Lipinski definition) is 4. The second-order valence-electron chi connectivity index (χ2n) is 7.44. The molecule has 2 aromatic heterocycles. The van der Waals surface area contributed by atoms with Crippen LogP contribution in [0.5, 0.6) is 0 Å². The SMILES string of the molecule is Cc1ccccc1CN(Cc1ccccn1)C(=O)c1ccc(C(=O)N(C)C)nc1C. The van der Waals surface area contributed by atoms with Crippen LogP contribution in [0.25, 0.3) is 0 Å². The highest BCUT2D eigenvalue weighted by atomic mass is 16.2. The molecule has 6 nitrogen and oxygen atoms in total. The summed E-state index contributed by atoms with van der Waals surface area (Å²) in [6.45, 7) is 4.63. The maximum atomic E-state index is 13.5. The van der Waals surface area contributed by atoms with E-state index >= 15 is 0 Å². The molecule has 0 saturated carbocycles. The van der Waals surface area contributed by atoms with Crippen LogP contribution in [0.1, 0.15) is 43.4 Å². The largest absolute Gasteiger partial charge is 0.343 e. The second-order valence-corrected chi connectivity index (χ2v) is 7.44. The normalized spacial score (nSPS) is 10.5. The molecule has 30 heavy (non-hydrogen) atoms. The van der Waals surface area contributed by atoms with Gasteiger partial charge in [0.05, 0.1) is 23.5 Å². The van der Waals surface area contributed by atoms with Crippen molar-refractivity contribution in [1.82, 2.24) is 19.8 Å². The Balaban J connectivity index is 1.93. The van der Waals surface area contributed by atoms with Crippen molar-refractivity contribution in [1.29, 1.82) is 0 Å². The third-order valence-electron chi connectivity index (χ3n) is 4.93. The van der Waals surface area contributed by atoms with E-state index in [4.69, 9.17) is 0 Å². The lowest BCUT2D eigenvalue weighted by atomic mass is 10.1. The number of hydrogen-bond donors (Lipinski definition) is 0. The molecular formula is C24H26N4O2. The summed E-state index contributed by atoms with van der Waals surface area (Å²) in [5.74, 6) is -0.333. The van der Waals surface area contributed by atoms with Crippen molar-refractivity contribution in [2.45, 2.75) is 26.9 Å². The minimum atomic E-state index is -0.192. The van der Waals surface area contributed by atoms with Gasteiger partial charge in [-0.15, -0.1) is 0 Å². The van der Waals surface area contributed by atoms with Crippen LogP contribution >= 0.6 is 0 Å². The molecule has 2 heterocycles. The molecule has 0 saturated heterocycles. The predicted octanol–water partition coefficient (Wildman–Crippen LogP) is 3.64. The Bertz CT molecular complexity index is 1050. The van der Waals surface area contributed by atoms with Gasteiger partial charge in [0.15, 0.2) is 0 Å². The third kappa shape index (κ3) is 4.89. The summed E-state index contributed by atoms with van der Waals surface area (Å²) in [5, 5.41) is 0. The standard InChI is InChI=1S/C24H26N4O2/c1-17-9-5-6-10-19(17)15-28(16-20-11-7-8-14-25-20)23(29)21-12-13-22(26-18(21)2)24(30)27(3)4/h5-14H,15-16H2,1-4H3. The van der Waals surface area contributed by atoms with Gasteiger partial charge in [0.25, 0.3) is 11.8 Å². The number of aromatic nitrogens is 2. The molecule has 154 valence electrons. The summed E-state index contributed by atoms with van der Waals surface area (Å²) < 4.78 is 0. The fourth-order valence-corrected chi connectivity index (χ4v) is 3.19. The van der Waals surface area contributed by atoms with Crippen molar-refractivity contribution in [2.24, 2.45) is 0 Å². The number of benzene rings is 1. The van der Waals surface area contributed by atoms with Gasteiger partial charge in [-0.05, 0) is 49.2 Å². The van der Waals surface area contributed by atoms with Crippen LogP contribution in [-0.4, -0.2) is 45.7 Å². The van der Waals surface area contributed by atoms with Crippen LogP contribution < -0.4 is 0 Å². The summed E-state index contributed by atoms with van der Waals surface area (Å²) in [5.41, 5.74) is 4.34. The first-order chi connectivity index (χ1) is 14.4. The van der Waals surface area contributed by atoms with Crippen LogP contribution in [0.15, 0.2) is 60.8 Å². The number of amides is 2. The van der Waals surface area contributed by atoms with Crippen LogP contribution in [-0.2, 0) is 13.1 Å². The van der Waals surface area contributed by atoms with Crippen molar-refractivity contribution in [3.63, 3.8) is 0 Å². The van der Waals surface area contributed by atoms with Gasteiger partial charge in [-0.1, -0.05) is 30.3 Å². The molecule has 0 spiro atoms. The zero-order valence-electron chi connectivity index (χ0n) is 17.8. The summed E-state index contributed by atoms with van der Waals surface area (Å²) in [7, 11) is 3.35. The maximum Gasteiger partial charge on any atom is 0.271 e. The van der Waals surface area contributed by atoms with E-state index in [1.54, 1.807) is 44.2 Å². The van der Waals surface area contributed by atoms with Crippen molar-refractivity contribution in [2.75, 3.05) is 14.1 Å². The van der Waals surface area contributed by atoms with E-state index in [0.717, 1.165) is 16.8 Å². The van der Waals surface area contributed by atoms with Crippen molar-refractivity contribution in [3.8, 4) is 0 Å². The van der Waals surface area contributed by atoms with E-state index in [9.17, 15) is 9.59 Å². The topological polar surface area (TPSA) is 66.4 Å². The Morgan fingerprint density at radius 1 is 0.867 bits per heavy atom. The lowest BCUT2D eigenvalue weighted by Crippen LogP contribution is -2.32. The van der Waals surface area contributed by atoms with Gasteiger partial charge in [0, 0.05) is 26.8 Å². The molecule has 3 rings (SSSR count). The lowest BCUT2D eigenvalue weighted by Gasteiger charge is -2.24. The molecule has 1 aromatic carbocycles. The molecule has 0 aliphatic carbocycles. The highest BCUT2D eigenvalue weighted by Crippen LogP contribution is 2.18. The zero-order valence-corrected chi connectivity index (χ0v) is 17.8. The van der Waals surface area contributed by atoms with Gasteiger partial charge in [-0.3, -0.25) is 14.6 Å². The van der Waals surface area contributed by atoms with Crippen LogP contribution in [0.2, 0.25) is 0 Å². The number of carbonyl (C=O) groups is 2. The predicted molar refractivity (Wildman–Crippen MR) is 116 cm³/mol. The Hall–Kier alpha value is -3.54. The van der Waals surface area contributed by atoms with Crippen LogP contribution in [0.3, 0.4) is 0 Å². The number of aryl methyl sites for hydroxylation is 2. The Morgan fingerprint density at radius 2 is 1.60 bits per heavy atom. The Kier molecular flexibility index (Phi) is 6.57. The monoisotopic (exact) mass is 402 g/mol. The van der Waals surface area contributed by atoms with Gasteiger partial charge in [0.1, 0.15) is 5.69 Å². The van der Waals surface area contributed by atoms with Gasteiger partial charge in [0.2, 0.25) is 0 Å². The molecule has 0 aliphatic heterocycles. The Labute approximate surface area is 177 Å². The summed E-state index contributed by atoms with van der Waals surface area (Å²) in [4.78, 5) is 37.6. The number of nitrogens with zero attached hydrogens (tertiary/aromatic N) is 4. The van der Waals surface area contributed by atoms with E-state index in [2.05, 4.69) is 9.97 Å². The number of rotatable bonds is 6. The van der Waals surface area contributed by atoms with Gasteiger partial charge < -0.3 is 9.80 Å². The molecule has 0 radical (unpaired) electrons. The summed E-state index contributed by atoms with van der Waals surface area (Å²) in [6, 6.07) is 17.0. The molecule has 0 aliphatic rings. The quantitative estimate of drug-likeness (QED) is 0.631. The average molecular weight is 402 g/mol. The van der Waals surface area contributed by atoms with Gasteiger partial charge in [-0.2, -0.15) is 0 Å². The smallest absolute Gasteiger partial charge is 0.271 e. The maximum absolute atomic E-state index is 13.5. The van der Waals surface area contributed by atoms with Crippen LogP contribution in [0, 0.1) is 13.8 Å². The second kappa shape index (κ2) is 9.31. The van der Waals surface area contributed by atoms with Gasteiger partial charge >= 0.3 is 0 Å². The highest BCUT2D eigenvalue weighted by Gasteiger charge is 2.21. The molecule has 0 bridgehead atoms. The molecule has 0 atom stereocenters. The van der Waals surface area contributed by atoms with Crippen molar-refractivity contribution >= 4 is 11.8 Å². The van der Waals surface area contributed by atoms with E-state index in [1.165, 1.54) is 4.90 Å². The molecule has 0 N–H and O–H groups in total. The summed E-state index contributed by atoms with van der Waals surface area (Å²) in [6.07, 6.45) is 1.72. The number of carbonyl (C=O) groups excluding carboxylic acids is 2. The molecule has 0 fully saturated rings. The van der Waals surface area contributed by atoms with Crippen molar-refractivity contribution < 1.29 is 9.59 Å². The minimum Gasteiger partial charge on any atom is -0.343 e. The van der Waals surface area contributed by atoms with E-state index in [-0.39, 0.29) is 11.8 Å². The molecule has 3 aromatic rings. The molecular weight excluding hydrogens is 376 g/mol. The fourth-order valence-electron chi connectivity index (χ4n) is 3.19. The van der Waals surface area contributed by atoms with Gasteiger partial charge in [-0.25, -0.2) is 4.98 Å². The van der Waals surface area contributed by atoms with E-state index < -0.39 is 0 Å². The first kappa shape index (κ1) is 21.2. The van der Waals surface area contributed by atoms with E-state index in [1.807, 2.05) is 49.4 Å². The van der Waals surface area contributed by atoms with Crippen molar-refractivity contribution in [3.05, 3.63) is 94.6 Å². The molecule has 2 amide bonds. The zero-order chi connectivity index (χ0) is 21.7. The molecule has 0 unspecified atom stereocenters. The lowest BCUT2D eigenvalue weighted by molar-refractivity contribution is 0.0724. The molecule has 6 heteroatoms. The first-order valence-corrected chi connectivity index (χ1v) is 9.80. The minimum absolute atomic E-state index is 0.141. The summed E-state index contributed by atoms with van der Waals surface area (Å²) >= 11 is 0. The first-order valence-electron chi connectivity index (χ1n) is 9.80.